The highest BCUT2D eigenvalue weighted by atomic mass is 16.3. The summed E-state index contributed by atoms with van der Waals surface area (Å²) in [5, 5.41) is 12.7. The van der Waals surface area contributed by atoms with Gasteiger partial charge in [-0.3, -0.25) is 9.88 Å². The van der Waals surface area contributed by atoms with E-state index >= 15 is 0 Å². The molecule has 1 atom stereocenters. The van der Waals surface area contributed by atoms with E-state index < -0.39 is 0 Å². The van der Waals surface area contributed by atoms with Gasteiger partial charge in [0.15, 0.2) is 0 Å². The van der Waals surface area contributed by atoms with Crippen LogP contribution in [0.5, 0.6) is 5.75 Å². The number of phenols is 1. The first-order valence-corrected chi connectivity index (χ1v) is 9.29. The second kappa shape index (κ2) is 8.14. The average molecular weight is 361 g/mol. The lowest BCUT2D eigenvalue weighted by atomic mass is 9.95. The van der Waals surface area contributed by atoms with Crippen molar-refractivity contribution < 1.29 is 5.11 Å². The SMILES string of the molecule is Oc1ccc(CN2CCCC[C@H]2c2ccc(Nc3cnccn3)nc2)cc1. The summed E-state index contributed by atoms with van der Waals surface area (Å²) in [6.45, 7) is 1.95. The predicted molar refractivity (Wildman–Crippen MR) is 105 cm³/mol. The summed E-state index contributed by atoms with van der Waals surface area (Å²) in [7, 11) is 0. The highest BCUT2D eigenvalue weighted by Crippen LogP contribution is 2.32. The van der Waals surface area contributed by atoms with E-state index in [9.17, 15) is 5.11 Å². The topological polar surface area (TPSA) is 74.2 Å². The van der Waals surface area contributed by atoms with Crippen LogP contribution in [0.15, 0.2) is 61.2 Å². The number of benzene rings is 1. The van der Waals surface area contributed by atoms with Gasteiger partial charge in [-0.1, -0.05) is 24.6 Å². The van der Waals surface area contributed by atoms with Crippen molar-refractivity contribution >= 4 is 11.6 Å². The maximum atomic E-state index is 9.49. The maximum Gasteiger partial charge on any atom is 0.150 e. The second-order valence-electron chi connectivity index (χ2n) is 6.84. The summed E-state index contributed by atoms with van der Waals surface area (Å²) in [4.78, 5) is 15.3. The smallest absolute Gasteiger partial charge is 0.150 e. The molecular formula is C21H23N5O. The first-order chi connectivity index (χ1) is 13.3. The molecule has 2 N–H and O–H groups in total. The van der Waals surface area contributed by atoms with Crippen LogP contribution in [0.2, 0.25) is 0 Å². The minimum atomic E-state index is 0.310. The average Bonchev–Trinajstić information content (AvgIpc) is 2.72. The molecule has 2 aromatic heterocycles. The van der Waals surface area contributed by atoms with E-state index in [1.165, 1.54) is 24.0 Å². The molecule has 1 aliphatic heterocycles. The number of piperidine rings is 1. The number of hydrogen-bond donors (Lipinski definition) is 2. The Morgan fingerprint density at radius 1 is 0.963 bits per heavy atom. The van der Waals surface area contributed by atoms with Gasteiger partial charge in [0.05, 0.1) is 6.20 Å². The molecule has 1 saturated heterocycles. The number of phenolic OH excluding ortho intramolecular Hbond substituents is 1. The summed E-state index contributed by atoms with van der Waals surface area (Å²) >= 11 is 0. The molecule has 0 saturated carbocycles. The quantitative estimate of drug-likeness (QED) is 0.714. The van der Waals surface area contributed by atoms with E-state index in [0.717, 1.165) is 25.3 Å². The molecule has 6 nitrogen and oxygen atoms in total. The summed E-state index contributed by atoms with van der Waals surface area (Å²) in [6, 6.07) is 12.0. The van der Waals surface area contributed by atoms with Crippen molar-refractivity contribution in [3.05, 3.63) is 72.3 Å². The normalized spacial score (nSPS) is 17.6. The number of nitrogens with zero attached hydrogens (tertiary/aromatic N) is 4. The first-order valence-electron chi connectivity index (χ1n) is 9.29. The molecule has 138 valence electrons. The van der Waals surface area contributed by atoms with E-state index in [1.54, 1.807) is 30.7 Å². The minimum absolute atomic E-state index is 0.310. The molecule has 1 aromatic carbocycles. The summed E-state index contributed by atoms with van der Waals surface area (Å²) < 4.78 is 0. The van der Waals surface area contributed by atoms with Gasteiger partial charge in [0.1, 0.15) is 17.4 Å². The van der Waals surface area contributed by atoms with Crippen molar-refractivity contribution in [1.82, 2.24) is 19.9 Å². The van der Waals surface area contributed by atoms with Gasteiger partial charge in [0.25, 0.3) is 0 Å². The third-order valence-electron chi connectivity index (χ3n) is 4.93. The van der Waals surface area contributed by atoms with Crippen LogP contribution in [0.1, 0.15) is 36.4 Å². The number of likely N-dealkylation sites (tertiary alicyclic amines) is 1. The molecule has 0 amide bonds. The van der Waals surface area contributed by atoms with Gasteiger partial charge in [-0.05, 0) is 48.7 Å². The molecular weight excluding hydrogens is 338 g/mol. The molecule has 3 aromatic rings. The zero-order chi connectivity index (χ0) is 18.5. The summed E-state index contributed by atoms with van der Waals surface area (Å²) in [5.74, 6) is 1.76. The van der Waals surface area contributed by atoms with Crippen LogP contribution in [-0.2, 0) is 6.54 Å². The third-order valence-corrected chi connectivity index (χ3v) is 4.93. The molecule has 1 aliphatic rings. The lowest BCUT2D eigenvalue weighted by Gasteiger charge is -2.36. The largest absolute Gasteiger partial charge is 0.508 e. The van der Waals surface area contributed by atoms with Crippen molar-refractivity contribution in [2.24, 2.45) is 0 Å². The van der Waals surface area contributed by atoms with E-state index in [-0.39, 0.29) is 0 Å². The summed E-state index contributed by atoms with van der Waals surface area (Å²) in [6.07, 6.45) is 10.5. The van der Waals surface area contributed by atoms with E-state index in [4.69, 9.17) is 0 Å². The minimum Gasteiger partial charge on any atom is -0.508 e. The Bertz CT molecular complexity index is 852. The number of aromatic nitrogens is 3. The number of nitrogens with one attached hydrogen (secondary N) is 1. The Hall–Kier alpha value is -2.99. The van der Waals surface area contributed by atoms with Crippen molar-refractivity contribution in [3.63, 3.8) is 0 Å². The van der Waals surface area contributed by atoms with Gasteiger partial charge in [-0.2, -0.15) is 0 Å². The molecule has 3 heterocycles. The third kappa shape index (κ3) is 4.41. The Balaban J connectivity index is 1.47. The molecule has 6 heteroatoms. The lowest BCUT2D eigenvalue weighted by molar-refractivity contribution is 0.140. The predicted octanol–water partition coefficient (Wildman–Crippen LogP) is 4.05. The van der Waals surface area contributed by atoms with Crippen molar-refractivity contribution in [1.29, 1.82) is 0 Å². The number of rotatable bonds is 5. The van der Waals surface area contributed by atoms with Crippen molar-refractivity contribution in [2.75, 3.05) is 11.9 Å². The number of hydrogen-bond acceptors (Lipinski definition) is 6. The fourth-order valence-corrected chi connectivity index (χ4v) is 3.56. The molecule has 0 spiro atoms. The van der Waals surface area contributed by atoms with Crippen LogP contribution < -0.4 is 5.32 Å². The molecule has 0 bridgehead atoms. The number of aromatic hydroxyl groups is 1. The maximum absolute atomic E-state index is 9.49. The van der Waals surface area contributed by atoms with Crippen LogP contribution >= 0.6 is 0 Å². The Morgan fingerprint density at radius 2 is 1.85 bits per heavy atom. The molecule has 0 radical (unpaired) electrons. The van der Waals surface area contributed by atoms with Crippen LogP contribution in [0.3, 0.4) is 0 Å². The number of anilines is 2. The molecule has 1 fully saturated rings. The van der Waals surface area contributed by atoms with Crippen LogP contribution in [0.4, 0.5) is 11.6 Å². The lowest BCUT2D eigenvalue weighted by Crippen LogP contribution is -2.33. The highest BCUT2D eigenvalue weighted by Gasteiger charge is 2.24. The monoisotopic (exact) mass is 361 g/mol. The van der Waals surface area contributed by atoms with Crippen LogP contribution in [-0.4, -0.2) is 31.5 Å². The van der Waals surface area contributed by atoms with Crippen molar-refractivity contribution in [2.45, 2.75) is 31.8 Å². The van der Waals surface area contributed by atoms with Gasteiger partial charge < -0.3 is 10.4 Å². The van der Waals surface area contributed by atoms with Gasteiger partial charge >= 0.3 is 0 Å². The van der Waals surface area contributed by atoms with Gasteiger partial charge in [-0.25, -0.2) is 9.97 Å². The molecule has 4 rings (SSSR count). The molecule has 27 heavy (non-hydrogen) atoms. The molecule has 0 aliphatic carbocycles. The standard InChI is InChI=1S/C21H23N5O/c27-18-7-4-16(5-8-18)15-26-12-2-1-3-19(26)17-6-9-20(24-13-17)25-21-14-22-10-11-23-21/h4-11,13-14,19,27H,1-3,12,15H2,(H,23,24,25)/t19-/m0/s1. The first kappa shape index (κ1) is 17.4. The van der Waals surface area contributed by atoms with Gasteiger partial charge in [0, 0.05) is 31.2 Å². The van der Waals surface area contributed by atoms with Crippen LogP contribution in [0.25, 0.3) is 0 Å². The highest BCUT2D eigenvalue weighted by molar-refractivity contribution is 5.50. The van der Waals surface area contributed by atoms with E-state index in [2.05, 4.69) is 31.2 Å². The van der Waals surface area contributed by atoms with E-state index in [0.29, 0.717) is 17.6 Å². The second-order valence-corrected chi connectivity index (χ2v) is 6.84. The fourth-order valence-electron chi connectivity index (χ4n) is 3.56. The summed E-state index contributed by atoms with van der Waals surface area (Å²) in [5.41, 5.74) is 2.45. The zero-order valence-corrected chi connectivity index (χ0v) is 15.1. The van der Waals surface area contributed by atoms with Gasteiger partial charge in [0.2, 0.25) is 0 Å². The fraction of sp³-hybridized carbons (Fsp3) is 0.286. The number of pyridine rings is 1. The Labute approximate surface area is 158 Å². The Morgan fingerprint density at radius 3 is 2.59 bits per heavy atom. The Kier molecular flexibility index (Phi) is 5.25. The van der Waals surface area contributed by atoms with E-state index in [1.807, 2.05) is 24.4 Å². The zero-order valence-electron chi connectivity index (χ0n) is 15.1. The van der Waals surface area contributed by atoms with Gasteiger partial charge in [-0.15, -0.1) is 0 Å². The molecule has 0 unspecified atom stereocenters. The van der Waals surface area contributed by atoms with Crippen molar-refractivity contribution in [3.8, 4) is 5.75 Å². The van der Waals surface area contributed by atoms with Crippen LogP contribution in [0, 0.1) is 0 Å².